The number of hydrogen-bond donors (Lipinski definition) is 1. The number of benzene rings is 2. The third-order valence-electron chi connectivity index (χ3n) is 6.02. The molecule has 0 saturated carbocycles. The summed E-state index contributed by atoms with van der Waals surface area (Å²) in [7, 11) is 1.34. The minimum absolute atomic E-state index is 0.0132. The molecular formula is C26H31FN2O5. The zero-order valence-electron chi connectivity index (χ0n) is 20.0. The summed E-state index contributed by atoms with van der Waals surface area (Å²) < 4.78 is 24.8. The number of ketones is 1. The topological polar surface area (TPSA) is 79.3 Å². The first-order chi connectivity index (χ1) is 16.4. The van der Waals surface area contributed by atoms with Crippen LogP contribution >= 0.6 is 0 Å². The zero-order chi connectivity index (χ0) is 24.8. The van der Waals surface area contributed by atoms with E-state index in [0.29, 0.717) is 31.0 Å². The maximum atomic E-state index is 14.3. The van der Waals surface area contributed by atoms with Crippen LogP contribution < -0.4 is 9.47 Å². The number of Topliss-reactive ketones (excluding diaryl/α,β-unsaturated/α-hetero) is 1. The Morgan fingerprint density at radius 1 is 1.09 bits per heavy atom. The van der Waals surface area contributed by atoms with Gasteiger partial charge in [-0.05, 0) is 55.9 Å². The van der Waals surface area contributed by atoms with Crippen LogP contribution in [0.4, 0.5) is 4.39 Å². The second-order valence-electron chi connectivity index (χ2n) is 7.87. The number of halogens is 1. The molecule has 1 saturated heterocycles. The van der Waals surface area contributed by atoms with Gasteiger partial charge >= 0.3 is 0 Å². The van der Waals surface area contributed by atoms with Gasteiger partial charge in [-0.2, -0.15) is 0 Å². The van der Waals surface area contributed by atoms with Crippen molar-refractivity contribution in [2.45, 2.75) is 26.8 Å². The first-order valence-electron chi connectivity index (χ1n) is 11.4. The third-order valence-corrected chi connectivity index (χ3v) is 6.02. The van der Waals surface area contributed by atoms with Gasteiger partial charge in [0.15, 0.2) is 11.6 Å². The molecule has 0 spiro atoms. The molecule has 3 rings (SSSR count). The van der Waals surface area contributed by atoms with Crippen molar-refractivity contribution >= 4 is 17.4 Å². The van der Waals surface area contributed by atoms with Gasteiger partial charge in [-0.3, -0.25) is 9.59 Å². The Labute approximate surface area is 199 Å². The fourth-order valence-electron chi connectivity index (χ4n) is 4.13. The van der Waals surface area contributed by atoms with Gasteiger partial charge in [-0.15, -0.1) is 0 Å². The summed E-state index contributed by atoms with van der Waals surface area (Å²) in [6.07, 6.45) is 0. The number of carbonyl (C=O) groups is 2. The molecule has 0 radical (unpaired) electrons. The highest BCUT2D eigenvalue weighted by atomic mass is 19.1. The molecule has 7 nitrogen and oxygen atoms in total. The van der Waals surface area contributed by atoms with Crippen molar-refractivity contribution in [2.75, 3.05) is 39.9 Å². The summed E-state index contributed by atoms with van der Waals surface area (Å²) in [5, 5.41) is 11.1. The van der Waals surface area contributed by atoms with E-state index in [2.05, 4.69) is 4.90 Å². The average molecular weight is 471 g/mol. The smallest absolute Gasteiger partial charge is 0.295 e. The first-order valence-corrected chi connectivity index (χ1v) is 11.4. The van der Waals surface area contributed by atoms with Crippen molar-refractivity contribution in [3.8, 4) is 11.5 Å². The lowest BCUT2D eigenvalue weighted by molar-refractivity contribution is -0.140. The highest BCUT2D eigenvalue weighted by Gasteiger charge is 2.46. The zero-order valence-corrected chi connectivity index (χ0v) is 20.0. The lowest BCUT2D eigenvalue weighted by Gasteiger charge is -2.28. The Morgan fingerprint density at radius 2 is 1.76 bits per heavy atom. The number of likely N-dealkylation sites (N-methyl/N-ethyl adjacent to an activating group) is 1. The minimum atomic E-state index is -0.809. The number of rotatable bonds is 10. The van der Waals surface area contributed by atoms with E-state index in [-0.39, 0.29) is 16.9 Å². The summed E-state index contributed by atoms with van der Waals surface area (Å²) in [6, 6.07) is 10.2. The molecule has 1 amide bonds. The average Bonchev–Trinajstić information content (AvgIpc) is 3.10. The Bertz CT molecular complexity index is 1060. The lowest BCUT2D eigenvalue weighted by atomic mass is 9.95. The van der Waals surface area contributed by atoms with Crippen LogP contribution in [0.1, 0.15) is 37.9 Å². The Balaban J connectivity index is 2.09. The Hall–Kier alpha value is -3.39. The molecule has 1 aliphatic heterocycles. The fourth-order valence-corrected chi connectivity index (χ4v) is 4.13. The molecular weight excluding hydrogens is 439 g/mol. The largest absolute Gasteiger partial charge is 0.507 e. The van der Waals surface area contributed by atoms with Crippen molar-refractivity contribution in [3.63, 3.8) is 0 Å². The highest BCUT2D eigenvalue weighted by Crippen LogP contribution is 2.40. The second-order valence-corrected chi connectivity index (χ2v) is 7.87. The number of aliphatic hydroxyl groups is 1. The second kappa shape index (κ2) is 11.2. The SMILES string of the molecule is CCOc1ccc(C2/C(=C(\O)c3ccc(OC)c(F)c3)C(=O)C(=O)N2CCN(CC)CC)cc1. The van der Waals surface area contributed by atoms with Crippen LogP contribution in [0.3, 0.4) is 0 Å². The first kappa shape index (κ1) is 25.2. The van der Waals surface area contributed by atoms with Crippen LogP contribution in [0.5, 0.6) is 11.5 Å². The normalized spacial score (nSPS) is 17.5. The van der Waals surface area contributed by atoms with Crippen LogP contribution in [0.25, 0.3) is 5.76 Å². The molecule has 2 aromatic carbocycles. The number of likely N-dealkylation sites (tertiary alicyclic amines) is 1. The van der Waals surface area contributed by atoms with E-state index >= 15 is 0 Å². The molecule has 1 aliphatic rings. The van der Waals surface area contributed by atoms with Gasteiger partial charge in [0.25, 0.3) is 11.7 Å². The molecule has 182 valence electrons. The molecule has 2 aromatic rings. The standard InChI is InChI=1S/C26H31FN2O5/c1-5-28(6-2)14-15-29-23(17-8-11-19(12-9-17)34-7-3)22(25(31)26(29)32)24(30)18-10-13-21(33-4)20(27)16-18/h8-13,16,23,30H,5-7,14-15H2,1-4H3/b24-22+. The van der Waals surface area contributed by atoms with Gasteiger partial charge in [-0.1, -0.05) is 26.0 Å². The molecule has 1 fully saturated rings. The third kappa shape index (κ3) is 5.07. The van der Waals surface area contributed by atoms with Gasteiger partial charge in [0, 0.05) is 18.7 Å². The van der Waals surface area contributed by atoms with Crippen molar-refractivity contribution < 1.29 is 28.6 Å². The van der Waals surface area contributed by atoms with Crippen molar-refractivity contribution in [1.82, 2.24) is 9.80 Å². The Kier molecular flexibility index (Phi) is 8.28. The predicted octanol–water partition coefficient (Wildman–Crippen LogP) is 4.00. The number of ether oxygens (including phenoxy) is 2. The van der Waals surface area contributed by atoms with Crippen molar-refractivity contribution in [2.24, 2.45) is 0 Å². The van der Waals surface area contributed by atoms with Crippen LogP contribution in [-0.2, 0) is 9.59 Å². The number of aliphatic hydroxyl groups excluding tert-OH is 1. The van der Waals surface area contributed by atoms with E-state index in [9.17, 15) is 19.1 Å². The summed E-state index contributed by atoms with van der Waals surface area (Å²) in [4.78, 5) is 29.8. The van der Waals surface area contributed by atoms with E-state index < -0.39 is 29.3 Å². The van der Waals surface area contributed by atoms with Crippen LogP contribution in [0, 0.1) is 5.82 Å². The van der Waals surface area contributed by atoms with E-state index in [4.69, 9.17) is 9.47 Å². The number of methoxy groups -OCH3 is 1. The number of nitrogens with zero attached hydrogens (tertiary/aromatic N) is 2. The van der Waals surface area contributed by atoms with Crippen molar-refractivity contribution in [1.29, 1.82) is 0 Å². The maximum Gasteiger partial charge on any atom is 0.295 e. The van der Waals surface area contributed by atoms with E-state index in [1.807, 2.05) is 20.8 Å². The molecule has 1 atom stereocenters. The summed E-state index contributed by atoms with van der Waals surface area (Å²) in [5.74, 6) is -1.93. The predicted molar refractivity (Wildman–Crippen MR) is 127 cm³/mol. The maximum absolute atomic E-state index is 14.3. The molecule has 8 heteroatoms. The van der Waals surface area contributed by atoms with Crippen LogP contribution in [0.15, 0.2) is 48.0 Å². The quantitative estimate of drug-likeness (QED) is 0.321. The number of carbonyl (C=O) groups excluding carboxylic acids is 2. The van der Waals surface area contributed by atoms with E-state index in [1.165, 1.54) is 24.1 Å². The molecule has 1 N–H and O–H groups in total. The van der Waals surface area contributed by atoms with Crippen molar-refractivity contribution in [3.05, 3.63) is 65.0 Å². The summed E-state index contributed by atoms with van der Waals surface area (Å²) in [5.41, 5.74) is 0.673. The van der Waals surface area contributed by atoms with Gasteiger partial charge < -0.3 is 24.4 Å². The fraction of sp³-hybridized carbons (Fsp3) is 0.385. The molecule has 0 aromatic heterocycles. The van der Waals surface area contributed by atoms with E-state index in [0.717, 1.165) is 19.2 Å². The molecule has 0 aliphatic carbocycles. The van der Waals surface area contributed by atoms with Crippen LogP contribution in [0.2, 0.25) is 0 Å². The van der Waals surface area contributed by atoms with Gasteiger partial charge in [0.1, 0.15) is 11.5 Å². The monoisotopic (exact) mass is 470 g/mol. The van der Waals surface area contributed by atoms with Crippen LogP contribution in [-0.4, -0.2) is 66.5 Å². The Morgan fingerprint density at radius 3 is 2.32 bits per heavy atom. The van der Waals surface area contributed by atoms with Gasteiger partial charge in [-0.25, -0.2) is 4.39 Å². The lowest BCUT2D eigenvalue weighted by Crippen LogP contribution is -2.38. The van der Waals surface area contributed by atoms with E-state index in [1.54, 1.807) is 24.3 Å². The van der Waals surface area contributed by atoms with Gasteiger partial charge in [0.05, 0.1) is 25.3 Å². The molecule has 1 unspecified atom stereocenters. The summed E-state index contributed by atoms with van der Waals surface area (Å²) in [6.45, 7) is 8.93. The molecule has 1 heterocycles. The molecule has 0 bridgehead atoms. The highest BCUT2D eigenvalue weighted by molar-refractivity contribution is 6.46. The number of hydrogen-bond acceptors (Lipinski definition) is 6. The van der Waals surface area contributed by atoms with Gasteiger partial charge in [0.2, 0.25) is 0 Å². The minimum Gasteiger partial charge on any atom is -0.507 e. The molecule has 34 heavy (non-hydrogen) atoms. The number of amides is 1. The summed E-state index contributed by atoms with van der Waals surface area (Å²) >= 11 is 0.